The SMILES string of the molecule is CC(C)(I)ON(N)N. The standard InChI is InChI=1S/C3H10IN3O/c1-3(2,4)8-7(5)6/h5-6H2,1-2H3. The number of rotatable bonds is 2. The number of hydrazine groups is 2. The van der Waals surface area contributed by atoms with Crippen LogP contribution in [-0.2, 0) is 4.84 Å². The van der Waals surface area contributed by atoms with Gasteiger partial charge in [0, 0.05) is 0 Å². The molecule has 0 aliphatic carbocycles. The minimum Gasteiger partial charge on any atom is -0.253 e. The van der Waals surface area contributed by atoms with Crippen LogP contribution in [0.1, 0.15) is 13.8 Å². The summed E-state index contributed by atoms with van der Waals surface area (Å²) in [4.78, 5) is 4.81. The molecule has 0 spiro atoms. The lowest BCUT2D eigenvalue weighted by atomic mass is 10.5. The third kappa shape index (κ3) is 6.57. The summed E-state index contributed by atoms with van der Waals surface area (Å²) < 4.78 is -0.332. The molecule has 0 aromatic carbocycles. The molecule has 0 fully saturated rings. The maximum atomic E-state index is 4.96. The molecule has 0 unspecified atom stereocenters. The number of alkyl halides is 1. The molecule has 0 amide bonds. The van der Waals surface area contributed by atoms with Gasteiger partial charge in [-0.25, -0.2) is 11.7 Å². The third-order valence-corrected chi connectivity index (χ3v) is 0.519. The van der Waals surface area contributed by atoms with Crippen LogP contribution in [0.25, 0.3) is 0 Å². The van der Waals surface area contributed by atoms with E-state index in [9.17, 15) is 0 Å². The number of halogens is 1. The van der Waals surface area contributed by atoms with Crippen LogP contribution >= 0.6 is 22.6 Å². The van der Waals surface area contributed by atoms with Crippen molar-refractivity contribution >= 4 is 22.6 Å². The van der Waals surface area contributed by atoms with Crippen LogP contribution in [0, 0.1) is 0 Å². The smallest absolute Gasteiger partial charge is 0.138 e. The van der Waals surface area contributed by atoms with Crippen molar-refractivity contribution in [1.82, 2.24) is 5.28 Å². The predicted molar refractivity (Wildman–Crippen MR) is 39.4 cm³/mol. The van der Waals surface area contributed by atoms with Crippen molar-refractivity contribution in [3.63, 3.8) is 0 Å². The monoisotopic (exact) mass is 231 g/mol. The molecule has 0 saturated heterocycles. The Labute approximate surface area is 62.2 Å². The third-order valence-electron chi connectivity index (χ3n) is 0.322. The molecule has 0 atom stereocenters. The zero-order valence-electron chi connectivity index (χ0n) is 4.89. The molecular weight excluding hydrogens is 221 g/mol. The van der Waals surface area contributed by atoms with E-state index >= 15 is 0 Å². The van der Waals surface area contributed by atoms with E-state index in [0.717, 1.165) is 0 Å². The minimum atomic E-state index is -0.332. The number of nitrogens with zero attached hydrogens (tertiary/aromatic N) is 1. The molecule has 0 aliphatic heterocycles. The van der Waals surface area contributed by atoms with Gasteiger partial charge in [-0.05, 0) is 36.4 Å². The Morgan fingerprint density at radius 3 is 1.88 bits per heavy atom. The van der Waals surface area contributed by atoms with Crippen molar-refractivity contribution in [3.05, 3.63) is 0 Å². The van der Waals surface area contributed by atoms with Crippen LogP contribution in [0.5, 0.6) is 0 Å². The average Bonchev–Trinajstić information content (AvgIpc) is 1.21. The molecule has 0 rings (SSSR count). The van der Waals surface area contributed by atoms with E-state index in [2.05, 4.69) is 22.6 Å². The number of nitrogens with two attached hydrogens (primary N) is 2. The quantitative estimate of drug-likeness (QED) is 0.307. The Hall–Kier alpha value is 0.570. The molecular formula is C3H10IN3O. The van der Waals surface area contributed by atoms with Crippen LogP contribution in [0.2, 0.25) is 0 Å². The van der Waals surface area contributed by atoms with Crippen LogP contribution in [0.4, 0.5) is 0 Å². The van der Waals surface area contributed by atoms with Crippen molar-refractivity contribution in [1.29, 1.82) is 0 Å². The highest BCUT2D eigenvalue weighted by atomic mass is 127. The van der Waals surface area contributed by atoms with Crippen LogP contribution < -0.4 is 11.7 Å². The lowest BCUT2D eigenvalue weighted by Crippen LogP contribution is -2.42. The molecule has 0 heterocycles. The van der Waals surface area contributed by atoms with E-state index in [1.165, 1.54) is 0 Å². The van der Waals surface area contributed by atoms with Gasteiger partial charge in [0.25, 0.3) is 0 Å². The fourth-order valence-electron chi connectivity index (χ4n) is 0.251. The maximum absolute atomic E-state index is 4.96. The Morgan fingerprint density at radius 2 is 1.88 bits per heavy atom. The normalized spacial score (nSPS) is 12.8. The van der Waals surface area contributed by atoms with Gasteiger partial charge in [-0.2, -0.15) is 0 Å². The fourth-order valence-corrected chi connectivity index (χ4v) is 0.478. The lowest BCUT2D eigenvalue weighted by Gasteiger charge is -2.20. The van der Waals surface area contributed by atoms with Crippen LogP contribution in [0.15, 0.2) is 0 Å². The zero-order chi connectivity index (χ0) is 6.78. The maximum Gasteiger partial charge on any atom is 0.138 e. The van der Waals surface area contributed by atoms with E-state index in [-0.39, 0.29) is 3.61 Å². The van der Waals surface area contributed by atoms with Gasteiger partial charge in [-0.1, -0.05) is 5.28 Å². The first-order chi connectivity index (χ1) is 3.42. The molecule has 4 N–H and O–H groups in total. The summed E-state index contributed by atoms with van der Waals surface area (Å²) in [5.74, 6) is 9.93. The first-order valence-corrected chi connectivity index (χ1v) is 3.17. The minimum absolute atomic E-state index is 0.332. The zero-order valence-corrected chi connectivity index (χ0v) is 7.05. The van der Waals surface area contributed by atoms with Gasteiger partial charge in [0.2, 0.25) is 0 Å². The summed E-state index contributed by atoms with van der Waals surface area (Å²) in [7, 11) is 0. The highest BCUT2D eigenvalue weighted by Crippen LogP contribution is 2.16. The van der Waals surface area contributed by atoms with E-state index in [0.29, 0.717) is 5.28 Å². The molecule has 0 aromatic heterocycles. The van der Waals surface area contributed by atoms with Crippen molar-refractivity contribution in [2.24, 2.45) is 11.7 Å². The second kappa shape index (κ2) is 2.92. The summed E-state index contributed by atoms with van der Waals surface area (Å²) in [6, 6.07) is 0. The van der Waals surface area contributed by atoms with E-state index in [1.54, 1.807) is 0 Å². The molecule has 0 bridgehead atoms. The van der Waals surface area contributed by atoms with Crippen molar-refractivity contribution in [2.45, 2.75) is 17.5 Å². The Kier molecular flexibility index (Phi) is 3.13. The average molecular weight is 231 g/mol. The highest BCUT2D eigenvalue weighted by Gasteiger charge is 2.14. The molecule has 0 saturated carbocycles. The van der Waals surface area contributed by atoms with Crippen LogP contribution in [-0.4, -0.2) is 8.89 Å². The van der Waals surface area contributed by atoms with E-state index in [1.807, 2.05) is 13.8 Å². The first kappa shape index (κ1) is 8.57. The second-order valence-electron chi connectivity index (χ2n) is 1.81. The molecule has 4 nitrogen and oxygen atoms in total. The van der Waals surface area contributed by atoms with E-state index < -0.39 is 0 Å². The Morgan fingerprint density at radius 1 is 1.50 bits per heavy atom. The number of hydrogen-bond donors (Lipinski definition) is 2. The van der Waals surface area contributed by atoms with Crippen molar-refractivity contribution in [2.75, 3.05) is 0 Å². The predicted octanol–water partition coefficient (Wildman–Crippen LogP) is 0.139. The molecule has 8 heavy (non-hydrogen) atoms. The molecule has 0 aliphatic rings. The molecule has 0 aromatic rings. The van der Waals surface area contributed by atoms with Gasteiger partial charge < -0.3 is 0 Å². The topological polar surface area (TPSA) is 64.5 Å². The van der Waals surface area contributed by atoms with Crippen molar-refractivity contribution < 1.29 is 4.84 Å². The Bertz CT molecular complexity index is 69.4. The van der Waals surface area contributed by atoms with Gasteiger partial charge in [-0.3, -0.25) is 4.84 Å². The van der Waals surface area contributed by atoms with Gasteiger partial charge >= 0.3 is 0 Å². The highest BCUT2D eigenvalue weighted by molar-refractivity contribution is 14.1. The number of hydrogen-bond acceptors (Lipinski definition) is 4. The largest absolute Gasteiger partial charge is 0.253 e. The summed E-state index contributed by atoms with van der Waals surface area (Å²) >= 11 is 2.07. The van der Waals surface area contributed by atoms with Crippen molar-refractivity contribution in [3.8, 4) is 0 Å². The van der Waals surface area contributed by atoms with Gasteiger partial charge in [-0.15, -0.1) is 0 Å². The second-order valence-corrected chi connectivity index (χ2v) is 4.41. The van der Waals surface area contributed by atoms with Gasteiger partial charge in [0.05, 0.1) is 0 Å². The first-order valence-electron chi connectivity index (χ1n) is 2.09. The summed E-state index contributed by atoms with van der Waals surface area (Å²) in [5, 5.41) is 0.701. The van der Waals surface area contributed by atoms with E-state index in [4.69, 9.17) is 16.5 Å². The van der Waals surface area contributed by atoms with Crippen LogP contribution in [0.3, 0.4) is 0 Å². The molecule has 50 valence electrons. The van der Waals surface area contributed by atoms with Gasteiger partial charge in [0.1, 0.15) is 3.61 Å². The fraction of sp³-hybridized carbons (Fsp3) is 1.00. The van der Waals surface area contributed by atoms with Gasteiger partial charge in [0.15, 0.2) is 0 Å². The molecule has 5 heteroatoms. The summed E-state index contributed by atoms with van der Waals surface area (Å²) in [6.07, 6.45) is 0. The Balaban J connectivity index is 3.39. The lowest BCUT2D eigenvalue weighted by molar-refractivity contribution is -0.200. The molecule has 0 radical (unpaired) electrons. The summed E-state index contributed by atoms with van der Waals surface area (Å²) in [6.45, 7) is 3.70. The summed E-state index contributed by atoms with van der Waals surface area (Å²) in [5.41, 5.74) is 0.